The van der Waals surface area contributed by atoms with Gasteiger partial charge in [0.25, 0.3) is 5.91 Å². The number of aromatic nitrogens is 2. The molecule has 0 atom stereocenters. The molecule has 0 spiro atoms. The summed E-state index contributed by atoms with van der Waals surface area (Å²) in [6, 6.07) is 6.84. The Balaban J connectivity index is 1.93. The molecule has 2 aromatic heterocycles. The molecule has 2 aromatic rings. The summed E-state index contributed by atoms with van der Waals surface area (Å²) >= 11 is 5.81. The van der Waals surface area contributed by atoms with E-state index in [1.807, 2.05) is 12.1 Å². The number of carbonyl (C=O) groups is 1. The third-order valence-corrected chi connectivity index (χ3v) is 2.82. The molecule has 104 valence electrons. The minimum Gasteiger partial charge on any atom is -0.352 e. The normalized spacial score (nSPS) is 10.1. The molecule has 4 N–H and O–H groups in total. The predicted molar refractivity (Wildman–Crippen MR) is 77.3 cm³/mol. The maximum Gasteiger partial charge on any atom is 0.251 e. The average molecular weight is 292 g/mol. The lowest BCUT2D eigenvalue weighted by Gasteiger charge is -2.07. The van der Waals surface area contributed by atoms with Crippen LogP contribution in [0.1, 0.15) is 15.9 Å². The molecule has 0 aliphatic heterocycles. The molecule has 0 saturated heterocycles. The summed E-state index contributed by atoms with van der Waals surface area (Å²) in [7, 11) is 0. The van der Waals surface area contributed by atoms with E-state index >= 15 is 0 Å². The lowest BCUT2D eigenvalue weighted by molar-refractivity contribution is 0.0954. The van der Waals surface area contributed by atoms with Gasteiger partial charge in [-0.1, -0.05) is 17.7 Å². The Morgan fingerprint density at radius 2 is 2.25 bits per heavy atom. The zero-order valence-electron chi connectivity index (χ0n) is 10.6. The standard InChI is InChI=1S/C13H14ClN5O/c14-11-6-10(7-12(18-11)19-15)13(20)17-5-3-9-2-1-4-16-8-9/h1-2,4,6-8H,3,5,15H2,(H,17,20)(H,18,19). The second-order valence-corrected chi connectivity index (χ2v) is 4.46. The van der Waals surface area contributed by atoms with Gasteiger partial charge in [-0.3, -0.25) is 9.78 Å². The highest BCUT2D eigenvalue weighted by molar-refractivity contribution is 6.29. The number of anilines is 1. The number of hydrogen-bond donors (Lipinski definition) is 3. The first-order valence-electron chi connectivity index (χ1n) is 6.00. The molecule has 2 rings (SSSR count). The largest absolute Gasteiger partial charge is 0.352 e. The van der Waals surface area contributed by atoms with Gasteiger partial charge >= 0.3 is 0 Å². The van der Waals surface area contributed by atoms with E-state index in [0.717, 1.165) is 5.56 Å². The van der Waals surface area contributed by atoms with E-state index in [4.69, 9.17) is 17.4 Å². The summed E-state index contributed by atoms with van der Waals surface area (Å²) in [6.45, 7) is 0.510. The van der Waals surface area contributed by atoms with Gasteiger partial charge in [-0.25, -0.2) is 10.8 Å². The fourth-order valence-electron chi connectivity index (χ4n) is 1.67. The number of amides is 1. The zero-order valence-corrected chi connectivity index (χ0v) is 11.4. The molecule has 6 nitrogen and oxygen atoms in total. The molecule has 0 unspecified atom stereocenters. The summed E-state index contributed by atoms with van der Waals surface area (Å²) in [5.41, 5.74) is 3.83. The highest BCUT2D eigenvalue weighted by Crippen LogP contribution is 2.13. The van der Waals surface area contributed by atoms with Crippen molar-refractivity contribution < 1.29 is 4.79 Å². The minimum absolute atomic E-state index is 0.206. The number of nitrogen functional groups attached to an aromatic ring is 1. The predicted octanol–water partition coefficient (Wildman–Crippen LogP) is 1.39. The van der Waals surface area contributed by atoms with Crippen LogP contribution < -0.4 is 16.6 Å². The number of halogens is 1. The van der Waals surface area contributed by atoms with Gasteiger partial charge in [-0.2, -0.15) is 0 Å². The van der Waals surface area contributed by atoms with Gasteiger partial charge in [-0.15, -0.1) is 0 Å². The number of nitrogens with one attached hydrogen (secondary N) is 2. The van der Waals surface area contributed by atoms with E-state index in [-0.39, 0.29) is 11.1 Å². The number of hydrazine groups is 1. The molecule has 0 aliphatic carbocycles. The van der Waals surface area contributed by atoms with Gasteiger partial charge in [0.2, 0.25) is 0 Å². The molecule has 0 fully saturated rings. The van der Waals surface area contributed by atoms with Crippen molar-refractivity contribution in [3.05, 3.63) is 52.9 Å². The second-order valence-electron chi connectivity index (χ2n) is 4.08. The number of pyridine rings is 2. The number of nitrogens with two attached hydrogens (primary N) is 1. The Hall–Kier alpha value is -2.18. The fourth-order valence-corrected chi connectivity index (χ4v) is 1.88. The van der Waals surface area contributed by atoms with Crippen LogP contribution in [0.15, 0.2) is 36.7 Å². The quantitative estimate of drug-likeness (QED) is 0.440. The van der Waals surface area contributed by atoms with Crippen LogP contribution in [-0.2, 0) is 6.42 Å². The highest BCUT2D eigenvalue weighted by Gasteiger charge is 2.08. The third-order valence-electron chi connectivity index (χ3n) is 2.63. The highest BCUT2D eigenvalue weighted by atomic mass is 35.5. The van der Waals surface area contributed by atoms with Crippen molar-refractivity contribution in [3.8, 4) is 0 Å². The molecule has 0 saturated carbocycles. The van der Waals surface area contributed by atoms with Crippen LogP contribution in [0.25, 0.3) is 0 Å². The third kappa shape index (κ3) is 3.91. The summed E-state index contributed by atoms with van der Waals surface area (Å²) in [6.07, 6.45) is 4.19. The Bertz CT molecular complexity index is 591. The first-order chi connectivity index (χ1) is 9.69. The van der Waals surface area contributed by atoms with E-state index in [1.165, 1.54) is 12.1 Å². The maximum absolute atomic E-state index is 12.0. The van der Waals surface area contributed by atoms with Crippen molar-refractivity contribution in [1.29, 1.82) is 0 Å². The van der Waals surface area contributed by atoms with Crippen LogP contribution in [0.4, 0.5) is 5.82 Å². The number of hydrogen-bond acceptors (Lipinski definition) is 5. The van der Waals surface area contributed by atoms with E-state index < -0.39 is 0 Å². The topological polar surface area (TPSA) is 92.9 Å². The van der Waals surface area contributed by atoms with Gasteiger partial charge in [0.1, 0.15) is 11.0 Å². The van der Waals surface area contributed by atoms with Crippen LogP contribution >= 0.6 is 11.6 Å². The molecular formula is C13H14ClN5O. The Morgan fingerprint density at radius 1 is 1.40 bits per heavy atom. The lowest BCUT2D eigenvalue weighted by atomic mass is 10.2. The fraction of sp³-hybridized carbons (Fsp3) is 0.154. The van der Waals surface area contributed by atoms with E-state index in [0.29, 0.717) is 24.3 Å². The molecule has 20 heavy (non-hydrogen) atoms. The number of rotatable bonds is 5. The lowest BCUT2D eigenvalue weighted by Crippen LogP contribution is -2.26. The monoisotopic (exact) mass is 291 g/mol. The van der Waals surface area contributed by atoms with Crippen molar-refractivity contribution in [2.75, 3.05) is 12.0 Å². The van der Waals surface area contributed by atoms with Crippen LogP contribution in [0, 0.1) is 0 Å². The van der Waals surface area contributed by atoms with Crippen LogP contribution in [0.2, 0.25) is 5.15 Å². The SMILES string of the molecule is NNc1cc(C(=O)NCCc2cccnc2)cc(Cl)n1. The van der Waals surface area contributed by atoms with Gasteiger partial charge in [0.05, 0.1) is 0 Å². The van der Waals surface area contributed by atoms with Crippen molar-refractivity contribution >= 4 is 23.3 Å². The molecule has 2 heterocycles. The molecule has 0 aromatic carbocycles. The summed E-state index contributed by atoms with van der Waals surface area (Å²) in [5, 5.41) is 3.01. The second kappa shape index (κ2) is 6.83. The first kappa shape index (κ1) is 14.2. The molecule has 0 bridgehead atoms. The van der Waals surface area contributed by atoms with Gasteiger partial charge in [-0.05, 0) is 30.2 Å². The van der Waals surface area contributed by atoms with E-state index in [1.54, 1.807) is 12.4 Å². The Morgan fingerprint density at radius 3 is 2.95 bits per heavy atom. The van der Waals surface area contributed by atoms with Crippen molar-refractivity contribution in [1.82, 2.24) is 15.3 Å². The molecule has 1 amide bonds. The van der Waals surface area contributed by atoms with Gasteiger partial charge < -0.3 is 10.7 Å². The molecule has 0 aliphatic rings. The van der Waals surface area contributed by atoms with Gasteiger partial charge in [0.15, 0.2) is 0 Å². The number of carbonyl (C=O) groups excluding carboxylic acids is 1. The Kier molecular flexibility index (Phi) is 4.86. The van der Waals surface area contributed by atoms with E-state index in [2.05, 4.69) is 20.7 Å². The van der Waals surface area contributed by atoms with Crippen LogP contribution in [-0.4, -0.2) is 22.4 Å². The summed E-state index contributed by atoms with van der Waals surface area (Å²) < 4.78 is 0. The van der Waals surface area contributed by atoms with Crippen LogP contribution in [0.5, 0.6) is 0 Å². The Labute approximate surface area is 121 Å². The van der Waals surface area contributed by atoms with Crippen molar-refractivity contribution in [2.24, 2.45) is 5.84 Å². The number of nitrogens with zero attached hydrogens (tertiary/aromatic N) is 2. The summed E-state index contributed by atoms with van der Waals surface area (Å²) in [5.74, 6) is 5.37. The van der Waals surface area contributed by atoms with Crippen LogP contribution in [0.3, 0.4) is 0 Å². The smallest absolute Gasteiger partial charge is 0.251 e. The molecule has 0 radical (unpaired) electrons. The van der Waals surface area contributed by atoms with E-state index in [9.17, 15) is 4.79 Å². The van der Waals surface area contributed by atoms with Crippen molar-refractivity contribution in [2.45, 2.75) is 6.42 Å². The minimum atomic E-state index is -0.227. The van der Waals surface area contributed by atoms with Crippen molar-refractivity contribution in [3.63, 3.8) is 0 Å². The summed E-state index contributed by atoms with van der Waals surface area (Å²) in [4.78, 5) is 19.9. The molecule has 7 heteroatoms. The zero-order chi connectivity index (χ0) is 14.4. The average Bonchev–Trinajstić information content (AvgIpc) is 2.47. The first-order valence-corrected chi connectivity index (χ1v) is 6.38. The van der Waals surface area contributed by atoms with Gasteiger partial charge in [0, 0.05) is 24.5 Å². The molecular weight excluding hydrogens is 278 g/mol. The maximum atomic E-state index is 12.0.